The normalized spacial score (nSPS) is 12.5. The van der Waals surface area contributed by atoms with Crippen molar-refractivity contribution in [2.45, 2.75) is 33.2 Å². The number of likely N-dealkylation sites (N-methyl/N-ethyl adjacent to an activating group) is 1. The second kappa shape index (κ2) is 7.72. The van der Waals surface area contributed by atoms with Crippen LogP contribution in [0.25, 0.3) is 0 Å². The number of nitrogens with two attached hydrogens (primary N) is 1. The van der Waals surface area contributed by atoms with Gasteiger partial charge in [-0.2, -0.15) is 0 Å². The van der Waals surface area contributed by atoms with E-state index >= 15 is 0 Å². The highest BCUT2D eigenvalue weighted by molar-refractivity contribution is 6.40. The molecule has 0 aliphatic carbocycles. The fourth-order valence-electron chi connectivity index (χ4n) is 2.02. The molecule has 0 heterocycles. The highest BCUT2D eigenvalue weighted by Gasteiger charge is 2.21. The maximum atomic E-state index is 12.3. The number of nitrogen functional groups attached to an aromatic ring is 1. The van der Waals surface area contributed by atoms with Gasteiger partial charge in [-0.25, -0.2) is 0 Å². The Morgan fingerprint density at radius 1 is 1.35 bits per heavy atom. The van der Waals surface area contributed by atoms with Crippen LogP contribution in [0.2, 0.25) is 10.0 Å². The first-order valence-corrected chi connectivity index (χ1v) is 7.45. The van der Waals surface area contributed by atoms with E-state index in [4.69, 9.17) is 28.9 Å². The monoisotopic (exact) mass is 317 g/mol. The third-order valence-electron chi connectivity index (χ3n) is 3.16. The summed E-state index contributed by atoms with van der Waals surface area (Å²) in [7, 11) is 0. The SMILES string of the molecule is CCCN(CC)C(C)C(=O)Nc1c(Cl)cc(N)cc1Cl. The molecule has 6 heteroatoms. The zero-order valence-electron chi connectivity index (χ0n) is 12.0. The zero-order valence-corrected chi connectivity index (χ0v) is 13.6. The second-order valence-corrected chi connectivity index (χ2v) is 5.47. The summed E-state index contributed by atoms with van der Waals surface area (Å²) in [6.45, 7) is 7.66. The molecule has 0 bridgehead atoms. The number of nitrogens with zero attached hydrogens (tertiary/aromatic N) is 1. The molecule has 1 rings (SSSR count). The molecule has 3 N–H and O–H groups in total. The molecule has 1 atom stereocenters. The Bertz CT molecular complexity index is 456. The highest BCUT2D eigenvalue weighted by atomic mass is 35.5. The van der Waals surface area contributed by atoms with Crippen LogP contribution in [0.4, 0.5) is 11.4 Å². The summed E-state index contributed by atoms with van der Waals surface area (Å²) >= 11 is 12.1. The van der Waals surface area contributed by atoms with Crippen molar-refractivity contribution in [3.05, 3.63) is 22.2 Å². The zero-order chi connectivity index (χ0) is 15.3. The maximum Gasteiger partial charge on any atom is 0.241 e. The smallest absolute Gasteiger partial charge is 0.241 e. The van der Waals surface area contributed by atoms with Crippen molar-refractivity contribution in [3.8, 4) is 0 Å². The lowest BCUT2D eigenvalue weighted by molar-refractivity contribution is -0.120. The van der Waals surface area contributed by atoms with E-state index in [-0.39, 0.29) is 11.9 Å². The van der Waals surface area contributed by atoms with Gasteiger partial charge < -0.3 is 11.1 Å². The van der Waals surface area contributed by atoms with Crippen molar-refractivity contribution in [1.29, 1.82) is 0 Å². The summed E-state index contributed by atoms with van der Waals surface area (Å²) in [4.78, 5) is 14.4. The third kappa shape index (κ3) is 4.27. The predicted molar refractivity (Wildman–Crippen MR) is 86.5 cm³/mol. The number of anilines is 2. The second-order valence-electron chi connectivity index (χ2n) is 4.65. The quantitative estimate of drug-likeness (QED) is 0.787. The summed E-state index contributed by atoms with van der Waals surface area (Å²) in [5.41, 5.74) is 6.51. The molecule has 1 amide bonds. The van der Waals surface area contributed by atoms with Crippen LogP contribution >= 0.6 is 23.2 Å². The van der Waals surface area contributed by atoms with E-state index in [0.717, 1.165) is 19.5 Å². The standard InChI is InChI=1S/C14H21Cl2N3O/c1-4-6-19(5-2)9(3)14(20)18-13-11(15)7-10(17)8-12(13)16/h7-9H,4-6,17H2,1-3H3,(H,18,20). The molecule has 112 valence electrons. The number of halogens is 2. The van der Waals surface area contributed by atoms with Crippen LogP contribution < -0.4 is 11.1 Å². The molecule has 0 radical (unpaired) electrons. The van der Waals surface area contributed by atoms with E-state index in [0.29, 0.717) is 21.4 Å². The number of rotatable bonds is 6. The number of benzene rings is 1. The van der Waals surface area contributed by atoms with Crippen LogP contribution in [0, 0.1) is 0 Å². The molecule has 1 aromatic rings. The van der Waals surface area contributed by atoms with Crippen molar-refractivity contribution in [2.75, 3.05) is 24.1 Å². The molecule has 0 aliphatic rings. The van der Waals surface area contributed by atoms with E-state index < -0.39 is 0 Å². The summed E-state index contributed by atoms with van der Waals surface area (Å²) < 4.78 is 0. The van der Waals surface area contributed by atoms with Gasteiger partial charge in [0, 0.05) is 5.69 Å². The fraction of sp³-hybridized carbons (Fsp3) is 0.500. The third-order valence-corrected chi connectivity index (χ3v) is 3.75. The van der Waals surface area contributed by atoms with E-state index in [1.807, 2.05) is 13.8 Å². The van der Waals surface area contributed by atoms with E-state index in [2.05, 4.69) is 17.1 Å². The van der Waals surface area contributed by atoms with Gasteiger partial charge in [0.2, 0.25) is 5.91 Å². The molecular formula is C14H21Cl2N3O. The first kappa shape index (κ1) is 17.1. The summed E-state index contributed by atoms with van der Waals surface area (Å²) in [5.74, 6) is -0.131. The summed E-state index contributed by atoms with van der Waals surface area (Å²) in [6, 6.07) is 2.89. The molecular weight excluding hydrogens is 297 g/mol. The fourth-order valence-corrected chi connectivity index (χ4v) is 2.62. The van der Waals surface area contributed by atoms with Crippen molar-refractivity contribution in [1.82, 2.24) is 4.90 Å². The lowest BCUT2D eigenvalue weighted by atomic mass is 10.2. The Kier molecular flexibility index (Phi) is 6.59. The summed E-state index contributed by atoms with van der Waals surface area (Å²) in [5, 5.41) is 3.46. The molecule has 0 saturated carbocycles. The van der Waals surface area contributed by atoms with Crippen LogP contribution in [0.5, 0.6) is 0 Å². The molecule has 0 spiro atoms. The van der Waals surface area contributed by atoms with Gasteiger partial charge in [0.15, 0.2) is 0 Å². The first-order chi connectivity index (χ1) is 9.40. The molecule has 20 heavy (non-hydrogen) atoms. The minimum Gasteiger partial charge on any atom is -0.399 e. The molecule has 0 aliphatic heterocycles. The van der Waals surface area contributed by atoms with Gasteiger partial charge in [-0.1, -0.05) is 37.0 Å². The Labute approximate surface area is 130 Å². The van der Waals surface area contributed by atoms with Crippen LogP contribution in [0.1, 0.15) is 27.2 Å². The lowest BCUT2D eigenvalue weighted by Crippen LogP contribution is -2.42. The van der Waals surface area contributed by atoms with Crippen LogP contribution in [0.15, 0.2) is 12.1 Å². The molecule has 1 aromatic carbocycles. The maximum absolute atomic E-state index is 12.3. The lowest BCUT2D eigenvalue weighted by Gasteiger charge is -2.26. The number of carbonyl (C=O) groups excluding carboxylic acids is 1. The predicted octanol–water partition coefficient (Wildman–Crippen LogP) is 3.63. The number of carbonyl (C=O) groups is 1. The number of amides is 1. The Hall–Kier alpha value is -0.970. The van der Waals surface area contributed by atoms with Crippen LogP contribution in [0.3, 0.4) is 0 Å². The van der Waals surface area contributed by atoms with Gasteiger partial charge >= 0.3 is 0 Å². The Balaban J connectivity index is 2.85. The van der Waals surface area contributed by atoms with Crippen molar-refractivity contribution >= 4 is 40.5 Å². The number of hydrogen-bond donors (Lipinski definition) is 2. The molecule has 0 aromatic heterocycles. The number of nitrogens with one attached hydrogen (secondary N) is 1. The minimum atomic E-state index is -0.246. The average molecular weight is 318 g/mol. The van der Waals surface area contributed by atoms with E-state index in [1.54, 1.807) is 12.1 Å². The Morgan fingerprint density at radius 3 is 2.35 bits per heavy atom. The van der Waals surface area contributed by atoms with Crippen molar-refractivity contribution in [2.24, 2.45) is 0 Å². The largest absolute Gasteiger partial charge is 0.399 e. The topological polar surface area (TPSA) is 58.4 Å². The van der Waals surface area contributed by atoms with Crippen LogP contribution in [-0.2, 0) is 4.79 Å². The van der Waals surface area contributed by atoms with Gasteiger partial charge in [0.1, 0.15) is 0 Å². The molecule has 4 nitrogen and oxygen atoms in total. The van der Waals surface area contributed by atoms with Crippen LogP contribution in [-0.4, -0.2) is 29.9 Å². The molecule has 0 fully saturated rings. The highest BCUT2D eigenvalue weighted by Crippen LogP contribution is 2.33. The minimum absolute atomic E-state index is 0.131. The Morgan fingerprint density at radius 2 is 1.90 bits per heavy atom. The average Bonchev–Trinajstić information content (AvgIpc) is 2.39. The van der Waals surface area contributed by atoms with E-state index in [9.17, 15) is 4.79 Å². The summed E-state index contributed by atoms with van der Waals surface area (Å²) in [6.07, 6.45) is 0.995. The van der Waals surface area contributed by atoms with Gasteiger partial charge in [0.25, 0.3) is 0 Å². The van der Waals surface area contributed by atoms with Gasteiger partial charge in [-0.05, 0) is 38.6 Å². The van der Waals surface area contributed by atoms with E-state index in [1.165, 1.54) is 0 Å². The van der Waals surface area contributed by atoms with Crippen molar-refractivity contribution in [3.63, 3.8) is 0 Å². The molecule has 0 saturated heterocycles. The van der Waals surface area contributed by atoms with Gasteiger partial charge in [0.05, 0.1) is 21.8 Å². The first-order valence-electron chi connectivity index (χ1n) is 6.70. The molecule has 1 unspecified atom stereocenters. The van der Waals surface area contributed by atoms with Crippen molar-refractivity contribution < 1.29 is 4.79 Å². The number of hydrogen-bond acceptors (Lipinski definition) is 3. The van der Waals surface area contributed by atoms with Gasteiger partial charge in [-0.15, -0.1) is 0 Å². The van der Waals surface area contributed by atoms with Gasteiger partial charge in [-0.3, -0.25) is 9.69 Å².